The maximum absolute atomic E-state index is 5.46. The molecule has 0 saturated heterocycles. The Hall–Kier alpha value is -1.44. The van der Waals surface area contributed by atoms with Crippen LogP contribution in [-0.4, -0.2) is 13.7 Å². The molecule has 1 rings (SSSR count). The summed E-state index contributed by atoms with van der Waals surface area (Å²) in [5.41, 5.74) is 2.26. The second-order valence-corrected chi connectivity index (χ2v) is 3.76. The number of unbranched alkanes of at least 4 members (excludes halogenated alkanes) is 1. The van der Waals surface area contributed by atoms with Crippen LogP contribution in [0.3, 0.4) is 0 Å². The van der Waals surface area contributed by atoms with Gasteiger partial charge in [0.25, 0.3) is 0 Å². The quantitative estimate of drug-likeness (QED) is 0.535. The van der Waals surface area contributed by atoms with Gasteiger partial charge in [-0.1, -0.05) is 25.5 Å². The van der Waals surface area contributed by atoms with Crippen LogP contribution in [0.25, 0.3) is 5.57 Å². The zero-order chi connectivity index (χ0) is 11.8. The molecule has 0 atom stereocenters. The number of ether oxygens (including phenoxy) is 2. The monoisotopic (exact) mass is 220 g/mol. The number of benzene rings is 1. The van der Waals surface area contributed by atoms with Gasteiger partial charge in [-0.15, -0.1) is 0 Å². The molecule has 0 aliphatic rings. The van der Waals surface area contributed by atoms with Crippen molar-refractivity contribution in [1.82, 2.24) is 0 Å². The van der Waals surface area contributed by atoms with Crippen molar-refractivity contribution in [3.63, 3.8) is 0 Å². The van der Waals surface area contributed by atoms with E-state index in [1.54, 1.807) is 7.11 Å². The van der Waals surface area contributed by atoms with Crippen LogP contribution >= 0.6 is 0 Å². The smallest absolute Gasteiger partial charge is 0.119 e. The molecule has 0 aliphatic carbocycles. The van der Waals surface area contributed by atoms with E-state index >= 15 is 0 Å². The van der Waals surface area contributed by atoms with E-state index in [1.807, 2.05) is 31.4 Å². The molecule has 1 aromatic carbocycles. The summed E-state index contributed by atoms with van der Waals surface area (Å²) in [5.74, 6) is 0.874. The fourth-order valence-electron chi connectivity index (χ4n) is 1.35. The van der Waals surface area contributed by atoms with Crippen molar-refractivity contribution < 1.29 is 9.47 Å². The van der Waals surface area contributed by atoms with Crippen LogP contribution in [0.1, 0.15) is 32.3 Å². The second-order valence-electron chi connectivity index (χ2n) is 3.76. The van der Waals surface area contributed by atoms with Crippen molar-refractivity contribution in [2.75, 3.05) is 13.7 Å². The first-order chi connectivity index (χ1) is 7.77. The summed E-state index contributed by atoms with van der Waals surface area (Å²) in [7, 11) is 1.68. The normalized spacial score (nSPS) is 11.3. The molecule has 1 aromatic rings. The summed E-state index contributed by atoms with van der Waals surface area (Å²) in [6, 6.07) is 7.98. The Labute approximate surface area is 97.9 Å². The van der Waals surface area contributed by atoms with Crippen LogP contribution in [0.5, 0.6) is 5.75 Å². The van der Waals surface area contributed by atoms with Crippen molar-refractivity contribution in [2.24, 2.45) is 0 Å². The first-order valence-corrected chi connectivity index (χ1v) is 5.70. The predicted octanol–water partition coefficient (Wildman–Crippen LogP) is 3.87. The lowest BCUT2D eigenvalue weighted by Crippen LogP contribution is -1.89. The van der Waals surface area contributed by atoms with Crippen LogP contribution in [-0.2, 0) is 4.74 Å². The summed E-state index contributed by atoms with van der Waals surface area (Å²) >= 11 is 0. The zero-order valence-corrected chi connectivity index (χ0v) is 10.3. The summed E-state index contributed by atoms with van der Waals surface area (Å²) in [4.78, 5) is 0. The number of methoxy groups -OCH3 is 1. The van der Waals surface area contributed by atoms with Gasteiger partial charge in [0.15, 0.2) is 0 Å². The fourth-order valence-corrected chi connectivity index (χ4v) is 1.35. The van der Waals surface area contributed by atoms with Crippen molar-refractivity contribution in [3.05, 3.63) is 36.1 Å². The molecule has 0 aliphatic heterocycles. The lowest BCUT2D eigenvalue weighted by molar-refractivity contribution is 0.245. The number of hydrogen-bond donors (Lipinski definition) is 0. The van der Waals surface area contributed by atoms with Gasteiger partial charge in [0.1, 0.15) is 5.75 Å². The highest BCUT2D eigenvalue weighted by Gasteiger charge is 1.98. The van der Waals surface area contributed by atoms with Crippen molar-refractivity contribution in [1.29, 1.82) is 0 Å². The number of allylic oxidation sites excluding steroid dienone is 1. The van der Waals surface area contributed by atoms with Gasteiger partial charge in [0.2, 0.25) is 0 Å². The van der Waals surface area contributed by atoms with Crippen LogP contribution in [0, 0.1) is 0 Å². The second kappa shape index (κ2) is 6.94. The molecule has 88 valence electrons. The van der Waals surface area contributed by atoms with Crippen LogP contribution < -0.4 is 4.74 Å². The largest absolute Gasteiger partial charge is 0.501 e. The Morgan fingerprint density at radius 2 is 2.19 bits per heavy atom. The summed E-state index contributed by atoms with van der Waals surface area (Å²) < 4.78 is 10.6. The van der Waals surface area contributed by atoms with Gasteiger partial charge < -0.3 is 9.47 Å². The molecule has 0 N–H and O–H groups in total. The predicted molar refractivity (Wildman–Crippen MR) is 67.5 cm³/mol. The third-order valence-corrected chi connectivity index (χ3v) is 2.40. The van der Waals surface area contributed by atoms with E-state index in [4.69, 9.17) is 9.47 Å². The first kappa shape index (κ1) is 12.6. The molecule has 0 spiro atoms. The van der Waals surface area contributed by atoms with Crippen molar-refractivity contribution >= 4 is 5.57 Å². The number of hydrogen-bond acceptors (Lipinski definition) is 2. The molecule has 0 amide bonds. The lowest BCUT2D eigenvalue weighted by Gasteiger charge is -2.05. The molecule has 0 radical (unpaired) electrons. The van der Waals surface area contributed by atoms with E-state index in [0.717, 1.165) is 36.3 Å². The van der Waals surface area contributed by atoms with E-state index in [-0.39, 0.29) is 0 Å². The Morgan fingerprint density at radius 1 is 1.38 bits per heavy atom. The highest BCUT2D eigenvalue weighted by atomic mass is 16.5. The van der Waals surface area contributed by atoms with E-state index in [9.17, 15) is 0 Å². The standard InChI is InChI=1S/C14H20O2/c1-4-5-9-16-11-12(2)13-7-6-8-14(10-13)15-3/h6-8,10-11H,4-5,9H2,1-3H3. The van der Waals surface area contributed by atoms with Crippen molar-refractivity contribution in [2.45, 2.75) is 26.7 Å². The van der Waals surface area contributed by atoms with E-state index in [1.165, 1.54) is 0 Å². The maximum Gasteiger partial charge on any atom is 0.119 e. The van der Waals surface area contributed by atoms with Gasteiger partial charge in [0.05, 0.1) is 20.0 Å². The molecule has 0 saturated carbocycles. The molecule has 0 bridgehead atoms. The molecular weight excluding hydrogens is 200 g/mol. The van der Waals surface area contributed by atoms with Gasteiger partial charge in [-0.3, -0.25) is 0 Å². The SMILES string of the molecule is CCCCOC=C(C)c1cccc(OC)c1. The molecule has 0 unspecified atom stereocenters. The van der Waals surface area contributed by atoms with Gasteiger partial charge in [-0.2, -0.15) is 0 Å². The van der Waals surface area contributed by atoms with Gasteiger partial charge in [-0.25, -0.2) is 0 Å². The topological polar surface area (TPSA) is 18.5 Å². The molecule has 2 heteroatoms. The third kappa shape index (κ3) is 3.97. The Morgan fingerprint density at radius 3 is 2.88 bits per heavy atom. The average molecular weight is 220 g/mol. The number of rotatable bonds is 6. The van der Waals surface area contributed by atoms with E-state index < -0.39 is 0 Å². The molecule has 2 nitrogen and oxygen atoms in total. The Bertz CT molecular complexity index is 342. The van der Waals surface area contributed by atoms with Gasteiger partial charge >= 0.3 is 0 Å². The van der Waals surface area contributed by atoms with Gasteiger partial charge in [0, 0.05) is 0 Å². The summed E-state index contributed by atoms with van der Waals surface area (Å²) in [6.45, 7) is 4.99. The minimum absolute atomic E-state index is 0.789. The fraction of sp³-hybridized carbons (Fsp3) is 0.429. The third-order valence-electron chi connectivity index (χ3n) is 2.40. The van der Waals surface area contributed by atoms with Crippen molar-refractivity contribution in [3.8, 4) is 5.75 Å². The highest BCUT2D eigenvalue weighted by molar-refractivity contribution is 5.63. The Kier molecular flexibility index (Phi) is 5.48. The Balaban J connectivity index is 2.60. The molecular formula is C14H20O2. The minimum atomic E-state index is 0.789. The van der Waals surface area contributed by atoms with Crippen LogP contribution in [0.2, 0.25) is 0 Å². The average Bonchev–Trinajstić information content (AvgIpc) is 2.34. The molecule has 0 fully saturated rings. The highest BCUT2D eigenvalue weighted by Crippen LogP contribution is 2.19. The first-order valence-electron chi connectivity index (χ1n) is 5.70. The van der Waals surface area contributed by atoms with E-state index in [2.05, 4.69) is 13.0 Å². The lowest BCUT2D eigenvalue weighted by atomic mass is 10.1. The van der Waals surface area contributed by atoms with Gasteiger partial charge in [-0.05, 0) is 36.6 Å². The van der Waals surface area contributed by atoms with Crippen LogP contribution in [0.15, 0.2) is 30.5 Å². The summed E-state index contributed by atoms with van der Waals surface area (Å²) in [5, 5.41) is 0. The zero-order valence-electron chi connectivity index (χ0n) is 10.3. The minimum Gasteiger partial charge on any atom is -0.501 e. The maximum atomic E-state index is 5.46. The molecule has 0 heterocycles. The molecule has 16 heavy (non-hydrogen) atoms. The summed E-state index contributed by atoms with van der Waals surface area (Å²) in [6.07, 6.45) is 4.08. The molecule has 0 aromatic heterocycles. The van der Waals surface area contributed by atoms with Crippen LogP contribution in [0.4, 0.5) is 0 Å². The van der Waals surface area contributed by atoms with E-state index in [0.29, 0.717) is 0 Å².